The fraction of sp³-hybridized carbons (Fsp3) is 0.316. The van der Waals surface area contributed by atoms with E-state index in [9.17, 15) is 18.0 Å². The number of hydrogen-bond donors (Lipinski definition) is 1. The Morgan fingerprint density at radius 2 is 1.76 bits per heavy atom. The predicted molar refractivity (Wildman–Crippen MR) is 88.5 cm³/mol. The molecule has 0 unspecified atom stereocenters. The molecule has 3 nitrogen and oxygen atoms in total. The number of benzene rings is 2. The van der Waals surface area contributed by atoms with E-state index in [1.54, 1.807) is 0 Å². The molecule has 1 N–H and O–H groups in total. The monoisotopic (exact) mass is 349 g/mol. The number of amides is 1. The maximum absolute atomic E-state index is 12.4. The predicted octanol–water partition coefficient (Wildman–Crippen LogP) is 4.65. The number of nitrogens with one attached hydrogen (secondary N) is 1. The van der Waals surface area contributed by atoms with Crippen LogP contribution in [-0.4, -0.2) is 12.3 Å². The minimum absolute atomic E-state index is 0.00258. The molecule has 0 fully saturated rings. The van der Waals surface area contributed by atoms with Crippen molar-refractivity contribution < 1.29 is 22.7 Å². The average Bonchev–Trinajstić information content (AvgIpc) is 2.55. The smallest absolute Gasteiger partial charge is 0.404 e. The fourth-order valence-electron chi connectivity index (χ4n) is 3.06. The summed E-state index contributed by atoms with van der Waals surface area (Å²) in [7, 11) is 0. The molecule has 1 aliphatic carbocycles. The Morgan fingerprint density at radius 1 is 1.04 bits per heavy atom. The molecule has 132 valence electrons. The highest BCUT2D eigenvalue weighted by Crippen LogP contribution is 2.30. The Bertz CT molecular complexity index is 772. The Morgan fingerprint density at radius 3 is 2.52 bits per heavy atom. The average molecular weight is 349 g/mol. The fourth-order valence-corrected chi connectivity index (χ4v) is 3.06. The third-order valence-electron chi connectivity index (χ3n) is 4.16. The summed E-state index contributed by atoms with van der Waals surface area (Å²) in [6.07, 6.45) is -0.308. The molecule has 1 amide bonds. The van der Waals surface area contributed by atoms with E-state index in [1.807, 2.05) is 18.2 Å². The highest BCUT2D eigenvalue weighted by Gasteiger charge is 2.32. The van der Waals surface area contributed by atoms with Crippen LogP contribution in [0, 0.1) is 0 Å². The van der Waals surface area contributed by atoms with E-state index in [2.05, 4.69) is 10.1 Å². The number of carbonyl (C=O) groups excluding carboxylic acids is 1. The van der Waals surface area contributed by atoms with Gasteiger partial charge >= 0.3 is 6.36 Å². The van der Waals surface area contributed by atoms with Crippen LogP contribution in [-0.2, 0) is 24.1 Å². The highest BCUT2D eigenvalue weighted by atomic mass is 19.4. The van der Waals surface area contributed by atoms with E-state index >= 15 is 0 Å². The van der Waals surface area contributed by atoms with Crippen molar-refractivity contribution in [3.05, 3.63) is 59.2 Å². The number of carbonyl (C=O) groups is 1. The topological polar surface area (TPSA) is 38.3 Å². The molecule has 3 rings (SSSR count). The third-order valence-corrected chi connectivity index (χ3v) is 4.16. The van der Waals surface area contributed by atoms with Crippen LogP contribution in [0.25, 0.3) is 0 Å². The molecule has 0 radical (unpaired) electrons. The van der Waals surface area contributed by atoms with E-state index in [1.165, 1.54) is 41.8 Å². The normalized spacial score (nSPS) is 13.9. The second-order valence-electron chi connectivity index (χ2n) is 6.08. The summed E-state index contributed by atoms with van der Waals surface area (Å²) in [6.45, 7) is 0. The number of hydrogen-bond acceptors (Lipinski definition) is 2. The number of rotatable bonds is 4. The lowest BCUT2D eigenvalue weighted by Crippen LogP contribution is -2.20. The summed E-state index contributed by atoms with van der Waals surface area (Å²) in [5.41, 5.74) is 3.44. The maximum Gasteiger partial charge on any atom is 0.573 e. The van der Waals surface area contributed by atoms with Gasteiger partial charge in [0.1, 0.15) is 0 Å². The molecular weight excluding hydrogens is 331 g/mol. The van der Waals surface area contributed by atoms with Gasteiger partial charge in [0, 0.05) is 0 Å². The molecule has 0 atom stereocenters. The zero-order valence-corrected chi connectivity index (χ0v) is 13.5. The minimum atomic E-state index is -4.81. The molecule has 6 heteroatoms. The summed E-state index contributed by atoms with van der Waals surface area (Å²) >= 11 is 0. The molecular formula is C19H18F3NO2. The van der Waals surface area contributed by atoms with Crippen molar-refractivity contribution in [3.63, 3.8) is 0 Å². The lowest BCUT2D eigenvalue weighted by molar-refractivity contribution is -0.274. The second-order valence-corrected chi connectivity index (χ2v) is 6.08. The lowest BCUT2D eigenvalue weighted by atomic mass is 9.90. The van der Waals surface area contributed by atoms with Gasteiger partial charge in [-0.3, -0.25) is 4.79 Å². The summed E-state index contributed by atoms with van der Waals surface area (Å²) in [4.78, 5) is 12.2. The zero-order chi connectivity index (χ0) is 17.9. The van der Waals surface area contributed by atoms with Crippen LogP contribution in [0.2, 0.25) is 0 Å². The van der Waals surface area contributed by atoms with E-state index in [0.717, 1.165) is 24.8 Å². The minimum Gasteiger partial charge on any atom is -0.404 e. The number of ether oxygens (including phenoxy) is 1. The van der Waals surface area contributed by atoms with E-state index < -0.39 is 12.1 Å². The largest absolute Gasteiger partial charge is 0.573 e. The summed E-state index contributed by atoms with van der Waals surface area (Å²) in [5.74, 6) is -0.803. The molecule has 0 heterocycles. The standard InChI is InChI=1S/C19H18F3NO2/c20-19(21,22)25-17-8-4-3-7-16(17)23-18(24)12-13-9-10-14-5-1-2-6-15(14)11-13/h3-4,7-11H,1-2,5-6,12H2,(H,23,24). The van der Waals surface area contributed by atoms with Crippen LogP contribution >= 0.6 is 0 Å². The number of aryl methyl sites for hydroxylation is 2. The Hall–Kier alpha value is -2.50. The Kier molecular flexibility index (Phi) is 4.97. The van der Waals surface area contributed by atoms with Gasteiger partial charge in [-0.2, -0.15) is 0 Å². The van der Waals surface area contributed by atoms with Crippen LogP contribution in [0.15, 0.2) is 42.5 Å². The number of para-hydroxylation sites is 2. The quantitative estimate of drug-likeness (QED) is 0.873. The SMILES string of the molecule is O=C(Cc1ccc2c(c1)CCCC2)Nc1ccccc1OC(F)(F)F. The van der Waals surface area contributed by atoms with Gasteiger partial charge in [-0.1, -0.05) is 30.3 Å². The van der Waals surface area contributed by atoms with Crippen LogP contribution in [0.5, 0.6) is 5.75 Å². The number of anilines is 1. The molecule has 2 aromatic carbocycles. The van der Waals surface area contributed by atoms with Crippen molar-refractivity contribution in [2.24, 2.45) is 0 Å². The van der Waals surface area contributed by atoms with Gasteiger partial charge in [-0.05, 0) is 54.5 Å². The van der Waals surface area contributed by atoms with Gasteiger partial charge in [-0.25, -0.2) is 0 Å². The number of fused-ring (bicyclic) bond motifs is 1. The highest BCUT2D eigenvalue weighted by molar-refractivity contribution is 5.93. The number of alkyl halides is 3. The van der Waals surface area contributed by atoms with Crippen molar-refractivity contribution >= 4 is 11.6 Å². The van der Waals surface area contributed by atoms with Crippen LogP contribution < -0.4 is 10.1 Å². The zero-order valence-electron chi connectivity index (χ0n) is 13.5. The van der Waals surface area contributed by atoms with Gasteiger partial charge in [0.15, 0.2) is 5.75 Å². The van der Waals surface area contributed by atoms with Crippen LogP contribution in [0.4, 0.5) is 18.9 Å². The first kappa shape index (κ1) is 17.3. The molecule has 0 saturated carbocycles. The first-order valence-corrected chi connectivity index (χ1v) is 8.16. The summed E-state index contributed by atoms with van der Waals surface area (Å²) < 4.78 is 41.2. The van der Waals surface area contributed by atoms with Gasteiger partial charge < -0.3 is 10.1 Å². The van der Waals surface area contributed by atoms with Gasteiger partial charge in [0.2, 0.25) is 5.91 Å². The van der Waals surface area contributed by atoms with E-state index in [-0.39, 0.29) is 18.0 Å². The third kappa shape index (κ3) is 4.75. The van der Waals surface area contributed by atoms with Crippen molar-refractivity contribution in [1.82, 2.24) is 0 Å². The molecule has 0 aliphatic heterocycles. The van der Waals surface area contributed by atoms with Crippen molar-refractivity contribution in [1.29, 1.82) is 0 Å². The molecule has 1 aliphatic rings. The first-order chi connectivity index (χ1) is 11.9. The van der Waals surface area contributed by atoms with Crippen molar-refractivity contribution in [3.8, 4) is 5.75 Å². The Labute approximate surface area is 143 Å². The van der Waals surface area contributed by atoms with E-state index in [4.69, 9.17) is 0 Å². The van der Waals surface area contributed by atoms with Gasteiger partial charge in [-0.15, -0.1) is 13.2 Å². The molecule has 25 heavy (non-hydrogen) atoms. The van der Waals surface area contributed by atoms with Crippen molar-refractivity contribution in [2.75, 3.05) is 5.32 Å². The number of halogens is 3. The summed E-state index contributed by atoms with van der Waals surface area (Å²) in [6, 6.07) is 11.5. The first-order valence-electron chi connectivity index (χ1n) is 8.16. The van der Waals surface area contributed by atoms with Gasteiger partial charge in [0.25, 0.3) is 0 Å². The molecule has 0 bridgehead atoms. The molecule has 0 spiro atoms. The lowest BCUT2D eigenvalue weighted by Gasteiger charge is -2.17. The van der Waals surface area contributed by atoms with Crippen molar-refractivity contribution in [2.45, 2.75) is 38.5 Å². The summed E-state index contributed by atoms with van der Waals surface area (Å²) in [5, 5.41) is 2.50. The van der Waals surface area contributed by atoms with Crippen LogP contribution in [0.3, 0.4) is 0 Å². The second kappa shape index (κ2) is 7.17. The molecule has 0 aromatic heterocycles. The van der Waals surface area contributed by atoms with E-state index in [0.29, 0.717) is 0 Å². The van der Waals surface area contributed by atoms with Crippen LogP contribution in [0.1, 0.15) is 29.5 Å². The maximum atomic E-state index is 12.4. The molecule has 0 saturated heterocycles. The Balaban J connectivity index is 1.69. The molecule has 2 aromatic rings. The van der Waals surface area contributed by atoms with Gasteiger partial charge in [0.05, 0.1) is 12.1 Å².